The summed E-state index contributed by atoms with van der Waals surface area (Å²) in [6.07, 6.45) is 1.68. The van der Waals surface area contributed by atoms with Gasteiger partial charge < -0.3 is 10.2 Å². The van der Waals surface area contributed by atoms with Crippen LogP contribution in [0.25, 0.3) is 10.1 Å². The quantitative estimate of drug-likeness (QED) is 0.800. The van der Waals surface area contributed by atoms with Crippen molar-refractivity contribution in [1.29, 1.82) is 0 Å². The van der Waals surface area contributed by atoms with Gasteiger partial charge in [0.1, 0.15) is 5.82 Å². The molecule has 0 saturated carbocycles. The van der Waals surface area contributed by atoms with Gasteiger partial charge in [0.15, 0.2) is 0 Å². The lowest BCUT2D eigenvalue weighted by molar-refractivity contribution is 0.0787. The predicted octanol–water partition coefficient (Wildman–Crippen LogP) is 3.61. The zero-order chi connectivity index (χ0) is 15.5. The molecule has 1 amide bonds. The summed E-state index contributed by atoms with van der Waals surface area (Å²) in [7, 11) is 3.59. The first-order valence-corrected chi connectivity index (χ1v) is 7.86. The van der Waals surface area contributed by atoms with Crippen LogP contribution in [-0.2, 0) is 6.54 Å². The first-order chi connectivity index (χ1) is 10.7. The molecule has 0 bridgehead atoms. The van der Waals surface area contributed by atoms with Crippen LogP contribution < -0.4 is 5.32 Å². The number of carbonyl (C=O) groups excluding carboxylic acids is 1. The molecular formula is C17H17N3OS. The Kier molecular flexibility index (Phi) is 4.06. The number of nitrogens with zero attached hydrogens (tertiary/aromatic N) is 2. The highest BCUT2D eigenvalue weighted by Crippen LogP contribution is 2.26. The van der Waals surface area contributed by atoms with Gasteiger partial charge in [-0.15, -0.1) is 11.3 Å². The Morgan fingerprint density at radius 2 is 2.09 bits per heavy atom. The van der Waals surface area contributed by atoms with Crippen molar-refractivity contribution in [1.82, 2.24) is 9.88 Å². The van der Waals surface area contributed by atoms with E-state index in [1.54, 1.807) is 41.6 Å². The number of hydrogen-bond donors (Lipinski definition) is 1. The molecule has 3 rings (SSSR count). The average Bonchev–Trinajstić information content (AvgIpc) is 2.96. The van der Waals surface area contributed by atoms with Gasteiger partial charge in [-0.25, -0.2) is 4.98 Å². The van der Waals surface area contributed by atoms with Crippen LogP contribution in [0.2, 0.25) is 0 Å². The highest BCUT2D eigenvalue weighted by atomic mass is 32.1. The van der Waals surface area contributed by atoms with Crippen LogP contribution in [0.5, 0.6) is 0 Å². The van der Waals surface area contributed by atoms with Crippen LogP contribution in [0.4, 0.5) is 5.82 Å². The van der Waals surface area contributed by atoms with Gasteiger partial charge in [0.25, 0.3) is 5.91 Å². The standard InChI is InChI=1S/C17H17N3OS/c1-18-16-14(7-5-9-19-16)17(21)20(2)11-13-10-12-6-3-4-8-15(12)22-13/h3-10H,11H2,1-2H3,(H,18,19). The largest absolute Gasteiger partial charge is 0.372 e. The van der Waals surface area contributed by atoms with Crippen LogP contribution in [0.3, 0.4) is 0 Å². The summed E-state index contributed by atoms with van der Waals surface area (Å²) in [5.74, 6) is 0.575. The van der Waals surface area contributed by atoms with E-state index in [9.17, 15) is 4.79 Å². The molecule has 2 aromatic heterocycles. The predicted molar refractivity (Wildman–Crippen MR) is 91.4 cm³/mol. The maximum atomic E-state index is 12.6. The first-order valence-electron chi connectivity index (χ1n) is 7.04. The van der Waals surface area contributed by atoms with E-state index in [0.29, 0.717) is 17.9 Å². The van der Waals surface area contributed by atoms with Crippen molar-refractivity contribution in [2.75, 3.05) is 19.4 Å². The number of pyridine rings is 1. The Hall–Kier alpha value is -2.40. The van der Waals surface area contributed by atoms with Gasteiger partial charge in [-0.2, -0.15) is 0 Å². The van der Waals surface area contributed by atoms with Gasteiger partial charge in [-0.05, 0) is 29.7 Å². The molecule has 0 unspecified atom stereocenters. The van der Waals surface area contributed by atoms with Crippen LogP contribution >= 0.6 is 11.3 Å². The molecule has 0 atom stereocenters. The van der Waals surface area contributed by atoms with Gasteiger partial charge in [-0.1, -0.05) is 18.2 Å². The Bertz CT molecular complexity index is 779. The van der Waals surface area contributed by atoms with Crippen molar-refractivity contribution in [3.05, 3.63) is 59.1 Å². The molecule has 0 radical (unpaired) electrons. The minimum Gasteiger partial charge on any atom is -0.372 e. The third kappa shape index (κ3) is 2.80. The number of nitrogens with one attached hydrogen (secondary N) is 1. The van der Waals surface area contributed by atoms with E-state index in [1.165, 1.54) is 15.0 Å². The SMILES string of the molecule is CNc1ncccc1C(=O)N(C)Cc1cc2ccccc2s1. The highest BCUT2D eigenvalue weighted by molar-refractivity contribution is 7.19. The summed E-state index contributed by atoms with van der Waals surface area (Å²) >= 11 is 1.72. The van der Waals surface area contributed by atoms with Gasteiger partial charge in [0.2, 0.25) is 0 Å². The molecule has 4 nitrogen and oxygen atoms in total. The Morgan fingerprint density at radius 1 is 1.27 bits per heavy atom. The lowest BCUT2D eigenvalue weighted by Crippen LogP contribution is -2.26. The minimum atomic E-state index is -0.0325. The van der Waals surface area contributed by atoms with E-state index in [2.05, 4.69) is 28.5 Å². The zero-order valence-electron chi connectivity index (χ0n) is 12.5. The zero-order valence-corrected chi connectivity index (χ0v) is 13.4. The topological polar surface area (TPSA) is 45.2 Å². The first kappa shape index (κ1) is 14.5. The molecule has 0 saturated heterocycles. The molecule has 3 aromatic rings. The Balaban J connectivity index is 1.81. The van der Waals surface area contributed by atoms with Crippen molar-refractivity contribution in [3.8, 4) is 0 Å². The van der Waals surface area contributed by atoms with E-state index in [0.717, 1.165) is 0 Å². The average molecular weight is 311 g/mol. The molecule has 112 valence electrons. The maximum absolute atomic E-state index is 12.6. The Labute approximate surface area is 133 Å². The third-order valence-corrected chi connectivity index (χ3v) is 4.59. The van der Waals surface area contributed by atoms with Gasteiger partial charge in [-0.3, -0.25) is 4.79 Å². The molecule has 1 aromatic carbocycles. The monoisotopic (exact) mass is 311 g/mol. The van der Waals surface area contributed by atoms with Crippen molar-refractivity contribution < 1.29 is 4.79 Å². The van der Waals surface area contributed by atoms with Crippen molar-refractivity contribution in [3.63, 3.8) is 0 Å². The number of thiophene rings is 1. The molecule has 0 aliphatic carbocycles. The van der Waals surface area contributed by atoms with E-state index < -0.39 is 0 Å². The van der Waals surface area contributed by atoms with Crippen LogP contribution in [0, 0.1) is 0 Å². The number of amides is 1. The number of carbonyl (C=O) groups is 1. The van der Waals surface area contributed by atoms with Gasteiger partial charge in [0.05, 0.1) is 12.1 Å². The fourth-order valence-corrected chi connectivity index (χ4v) is 3.52. The lowest BCUT2D eigenvalue weighted by atomic mass is 10.2. The molecule has 0 fully saturated rings. The molecule has 22 heavy (non-hydrogen) atoms. The highest BCUT2D eigenvalue weighted by Gasteiger charge is 2.16. The lowest BCUT2D eigenvalue weighted by Gasteiger charge is -2.17. The molecule has 0 spiro atoms. The number of anilines is 1. The maximum Gasteiger partial charge on any atom is 0.257 e. The minimum absolute atomic E-state index is 0.0325. The van der Waals surface area contributed by atoms with E-state index >= 15 is 0 Å². The number of aromatic nitrogens is 1. The van der Waals surface area contributed by atoms with Crippen molar-refractivity contribution >= 4 is 33.1 Å². The molecule has 1 N–H and O–H groups in total. The van der Waals surface area contributed by atoms with Crippen molar-refractivity contribution in [2.45, 2.75) is 6.54 Å². The number of hydrogen-bond acceptors (Lipinski definition) is 4. The summed E-state index contributed by atoms with van der Waals surface area (Å²) < 4.78 is 1.25. The summed E-state index contributed by atoms with van der Waals surface area (Å²) in [6, 6.07) is 14.0. The summed E-state index contributed by atoms with van der Waals surface area (Å²) in [5, 5.41) is 4.18. The summed E-state index contributed by atoms with van der Waals surface area (Å²) in [4.78, 5) is 19.7. The molecule has 5 heteroatoms. The number of benzene rings is 1. The number of fused-ring (bicyclic) bond motifs is 1. The van der Waals surface area contributed by atoms with E-state index in [-0.39, 0.29) is 5.91 Å². The van der Waals surface area contributed by atoms with E-state index in [4.69, 9.17) is 0 Å². The summed E-state index contributed by atoms with van der Waals surface area (Å²) in [5.41, 5.74) is 0.591. The van der Waals surface area contributed by atoms with Crippen LogP contribution in [0.15, 0.2) is 48.7 Å². The van der Waals surface area contributed by atoms with Gasteiger partial charge in [0, 0.05) is 29.9 Å². The van der Waals surface area contributed by atoms with Crippen LogP contribution in [-0.4, -0.2) is 29.9 Å². The number of rotatable bonds is 4. The smallest absolute Gasteiger partial charge is 0.257 e. The van der Waals surface area contributed by atoms with Crippen molar-refractivity contribution in [2.24, 2.45) is 0 Å². The molecule has 0 aliphatic rings. The molecular weight excluding hydrogens is 294 g/mol. The second-order valence-electron chi connectivity index (χ2n) is 5.06. The van der Waals surface area contributed by atoms with Crippen LogP contribution in [0.1, 0.15) is 15.2 Å². The van der Waals surface area contributed by atoms with E-state index in [1.807, 2.05) is 19.2 Å². The summed E-state index contributed by atoms with van der Waals surface area (Å²) in [6.45, 7) is 0.593. The molecule has 2 heterocycles. The second-order valence-corrected chi connectivity index (χ2v) is 6.23. The Morgan fingerprint density at radius 3 is 2.86 bits per heavy atom. The fraction of sp³-hybridized carbons (Fsp3) is 0.176. The second kappa shape index (κ2) is 6.15. The van der Waals surface area contributed by atoms with Gasteiger partial charge >= 0.3 is 0 Å². The fourth-order valence-electron chi connectivity index (χ4n) is 2.40. The third-order valence-electron chi connectivity index (χ3n) is 3.49. The molecule has 0 aliphatic heterocycles. The normalized spacial score (nSPS) is 10.6.